The van der Waals surface area contributed by atoms with Crippen LogP contribution in [0.4, 0.5) is 0 Å². The molecule has 0 aromatic heterocycles. The number of para-hydroxylation sites is 1. The smallest absolute Gasteiger partial charge is 0.398 e. The SMILES string of the molecule is CC(NC=O)P(=O)(O)Oc1ccccc1. The van der Waals surface area contributed by atoms with Gasteiger partial charge in [0.05, 0.1) is 0 Å². The van der Waals surface area contributed by atoms with Crippen LogP contribution in [0.1, 0.15) is 6.92 Å². The summed E-state index contributed by atoms with van der Waals surface area (Å²) in [5.74, 6) is -0.641. The van der Waals surface area contributed by atoms with Gasteiger partial charge < -0.3 is 14.7 Å². The van der Waals surface area contributed by atoms with E-state index in [1.54, 1.807) is 30.3 Å². The van der Waals surface area contributed by atoms with Crippen molar-refractivity contribution in [3.63, 3.8) is 0 Å². The third-order valence-electron chi connectivity index (χ3n) is 1.78. The number of benzene rings is 1. The first-order chi connectivity index (χ1) is 7.06. The van der Waals surface area contributed by atoms with Crippen molar-refractivity contribution in [1.82, 2.24) is 5.32 Å². The maximum Gasteiger partial charge on any atom is 0.398 e. The zero-order valence-corrected chi connectivity index (χ0v) is 9.06. The topological polar surface area (TPSA) is 75.6 Å². The molecule has 1 aromatic rings. The summed E-state index contributed by atoms with van der Waals surface area (Å²) in [4.78, 5) is 19.6. The minimum absolute atomic E-state index is 0.294. The molecule has 2 N–H and O–H groups in total. The molecule has 1 rings (SSSR count). The first kappa shape index (κ1) is 11.8. The molecular weight excluding hydrogens is 217 g/mol. The summed E-state index contributed by atoms with van der Waals surface area (Å²) in [5.41, 5.74) is 0. The van der Waals surface area contributed by atoms with Gasteiger partial charge in [-0.25, -0.2) is 4.57 Å². The van der Waals surface area contributed by atoms with Crippen molar-refractivity contribution < 1.29 is 18.8 Å². The molecule has 82 valence electrons. The molecule has 0 aliphatic rings. The van der Waals surface area contributed by atoms with Crippen LogP contribution in [0.2, 0.25) is 0 Å². The number of rotatable bonds is 5. The minimum Gasteiger partial charge on any atom is -0.423 e. The Hall–Kier alpha value is -1.32. The molecule has 0 aliphatic carbocycles. The van der Waals surface area contributed by atoms with E-state index in [1.807, 2.05) is 0 Å². The average molecular weight is 229 g/mol. The Labute approximate surface area is 87.6 Å². The molecule has 0 radical (unpaired) electrons. The van der Waals surface area contributed by atoms with Crippen LogP contribution in [0.3, 0.4) is 0 Å². The minimum atomic E-state index is -3.86. The summed E-state index contributed by atoms with van der Waals surface area (Å²) in [6, 6.07) is 8.27. The molecule has 0 heterocycles. The van der Waals surface area contributed by atoms with E-state index in [4.69, 9.17) is 4.52 Å². The molecule has 0 fully saturated rings. The van der Waals surface area contributed by atoms with E-state index in [0.717, 1.165) is 0 Å². The molecule has 5 nitrogen and oxygen atoms in total. The van der Waals surface area contributed by atoms with Crippen LogP contribution in [-0.4, -0.2) is 17.1 Å². The zero-order chi connectivity index (χ0) is 11.3. The van der Waals surface area contributed by atoms with Crippen molar-refractivity contribution in [2.45, 2.75) is 12.7 Å². The van der Waals surface area contributed by atoms with Gasteiger partial charge in [-0.3, -0.25) is 4.79 Å². The van der Waals surface area contributed by atoms with Crippen molar-refractivity contribution >= 4 is 14.0 Å². The Kier molecular flexibility index (Phi) is 3.88. The second-order valence-corrected chi connectivity index (χ2v) is 5.01. The monoisotopic (exact) mass is 229 g/mol. The van der Waals surface area contributed by atoms with Crippen LogP contribution in [0.25, 0.3) is 0 Å². The number of amides is 1. The predicted octanol–water partition coefficient (Wildman–Crippen LogP) is 1.34. The molecule has 2 atom stereocenters. The Morgan fingerprint density at radius 1 is 1.47 bits per heavy atom. The number of hydrogen-bond donors (Lipinski definition) is 2. The zero-order valence-electron chi connectivity index (χ0n) is 8.16. The lowest BCUT2D eigenvalue weighted by Crippen LogP contribution is -2.26. The van der Waals surface area contributed by atoms with Crippen LogP contribution >= 0.6 is 7.60 Å². The average Bonchev–Trinajstić information content (AvgIpc) is 2.19. The van der Waals surface area contributed by atoms with Gasteiger partial charge in [0.2, 0.25) is 6.41 Å². The van der Waals surface area contributed by atoms with E-state index >= 15 is 0 Å². The fraction of sp³-hybridized carbons (Fsp3) is 0.222. The lowest BCUT2D eigenvalue weighted by Gasteiger charge is -2.18. The van der Waals surface area contributed by atoms with Gasteiger partial charge in [-0.15, -0.1) is 0 Å². The summed E-state index contributed by atoms with van der Waals surface area (Å²) in [7, 11) is -3.86. The molecule has 0 spiro atoms. The number of carbonyl (C=O) groups is 1. The maximum atomic E-state index is 11.6. The lowest BCUT2D eigenvalue weighted by molar-refractivity contribution is -0.109. The van der Waals surface area contributed by atoms with E-state index in [1.165, 1.54) is 6.92 Å². The fourth-order valence-electron chi connectivity index (χ4n) is 0.904. The number of carbonyl (C=O) groups excluding carboxylic acids is 1. The normalized spacial score (nSPS) is 16.1. The van der Waals surface area contributed by atoms with Crippen LogP contribution in [0.15, 0.2) is 30.3 Å². The van der Waals surface area contributed by atoms with E-state index in [-0.39, 0.29) is 0 Å². The van der Waals surface area contributed by atoms with Crippen molar-refractivity contribution in [3.05, 3.63) is 30.3 Å². The van der Waals surface area contributed by atoms with Crippen molar-refractivity contribution in [2.75, 3.05) is 0 Å². The van der Waals surface area contributed by atoms with Gasteiger partial charge in [-0.2, -0.15) is 0 Å². The highest BCUT2D eigenvalue weighted by atomic mass is 31.2. The number of nitrogens with one attached hydrogen (secondary N) is 1. The second kappa shape index (κ2) is 4.96. The molecular formula is C9H12NO4P. The van der Waals surface area contributed by atoms with Crippen molar-refractivity contribution in [3.8, 4) is 5.75 Å². The third kappa shape index (κ3) is 3.38. The Morgan fingerprint density at radius 2 is 2.07 bits per heavy atom. The molecule has 1 aromatic carbocycles. The van der Waals surface area contributed by atoms with E-state index in [2.05, 4.69) is 5.32 Å². The lowest BCUT2D eigenvalue weighted by atomic mass is 10.3. The highest BCUT2D eigenvalue weighted by Gasteiger charge is 2.29. The quantitative estimate of drug-likeness (QED) is 0.590. The molecule has 0 bridgehead atoms. The fourth-order valence-corrected chi connectivity index (χ4v) is 1.74. The Bertz CT molecular complexity index is 368. The third-order valence-corrected chi connectivity index (χ3v) is 3.38. The summed E-state index contributed by atoms with van der Waals surface area (Å²) in [5, 5.41) is 2.19. The van der Waals surface area contributed by atoms with Gasteiger partial charge >= 0.3 is 7.60 Å². The summed E-state index contributed by atoms with van der Waals surface area (Å²) in [6.07, 6.45) is 0.363. The molecule has 0 saturated carbocycles. The first-order valence-electron chi connectivity index (χ1n) is 4.33. The molecule has 0 aliphatic heterocycles. The molecule has 1 amide bonds. The Morgan fingerprint density at radius 3 is 2.60 bits per heavy atom. The van der Waals surface area contributed by atoms with Gasteiger partial charge in [0.25, 0.3) is 0 Å². The maximum absolute atomic E-state index is 11.6. The molecule has 6 heteroatoms. The Balaban J connectivity index is 2.72. The van der Waals surface area contributed by atoms with Gasteiger partial charge in [0.15, 0.2) is 0 Å². The van der Waals surface area contributed by atoms with Crippen molar-refractivity contribution in [2.24, 2.45) is 0 Å². The van der Waals surface area contributed by atoms with Crippen LogP contribution in [-0.2, 0) is 9.36 Å². The van der Waals surface area contributed by atoms with Gasteiger partial charge in [0, 0.05) is 0 Å². The summed E-state index contributed by atoms with van der Waals surface area (Å²) < 4.78 is 16.5. The van der Waals surface area contributed by atoms with E-state index < -0.39 is 13.4 Å². The van der Waals surface area contributed by atoms with E-state index in [9.17, 15) is 14.3 Å². The molecule has 0 saturated heterocycles. The molecule has 2 unspecified atom stereocenters. The van der Waals surface area contributed by atoms with Crippen LogP contribution in [0, 0.1) is 0 Å². The summed E-state index contributed by atoms with van der Waals surface area (Å²) >= 11 is 0. The van der Waals surface area contributed by atoms with Gasteiger partial charge in [0.1, 0.15) is 11.5 Å². The summed E-state index contributed by atoms with van der Waals surface area (Å²) in [6.45, 7) is 1.40. The van der Waals surface area contributed by atoms with Crippen LogP contribution in [0.5, 0.6) is 5.75 Å². The first-order valence-corrected chi connectivity index (χ1v) is 5.98. The molecule has 15 heavy (non-hydrogen) atoms. The number of hydrogen-bond acceptors (Lipinski definition) is 3. The highest BCUT2D eigenvalue weighted by molar-refractivity contribution is 7.54. The van der Waals surface area contributed by atoms with Crippen LogP contribution < -0.4 is 9.84 Å². The van der Waals surface area contributed by atoms with Gasteiger partial charge in [-0.05, 0) is 19.1 Å². The van der Waals surface area contributed by atoms with Crippen molar-refractivity contribution in [1.29, 1.82) is 0 Å². The van der Waals surface area contributed by atoms with Gasteiger partial charge in [-0.1, -0.05) is 18.2 Å². The predicted molar refractivity (Wildman–Crippen MR) is 55.6 cm³/mol. The second-order valence-electron chi connectivity index (χ2n) is 2.93. The standard InChI is InChI=1S/C9H12NO4P/c1-8(10-7-11)15(12,13)14-9-5-3-2-4-6-9/h2-8H,1H3,(H,10,11)(H,12,13). The largest absolute Gasteiger partial charge is 0.423 e. The van der Waals surface area contributed by atoms with E-state index in [0.29, 0.717) is 12.2 Å². The highest BCUT2D eigenvalue weighted by Crippen LogP contribution is 2.45.